The average molecular weight is 363 g/mol. The smallest absolute Gasteiger partial charge is 0.311 e. The molecule has 0 fully saturated rings. The minimum Gasteiger partial charge on any atom is -0.426 e. The van der Waals surface area contributed by atoms with Crippen molar-refractivity contribution in [2.45, 2.75) is 72.3 Å². The molecule has 146 valence electrons. The molecule has 1 aromatic rings. The fourth-order valence-corrected chi connectivity index (χ4v) is 2.63. The van der Waals surface area contributed by atoms with Crippen LogP contribution in [-0.4, -0.2) is 24.5 Å². The summed E-state index contributed by atoms with van der Waals surface area (Å²) < 4.78 is 5.72. The Kier molecular flexibility index (Phi) is 8.79. The first-order chi connectivity index (χ1) is 12.1. The second-order valence-electron chi connectivity index (χ2n) is 7.71. The molecule has 1 aromatic carbocycles. The molecule has 0 saturated heterocycles. The van der Waals surface area contributed by atoms with Crippen LogP contribution in [0.5, 0.6) is 5.75 Å². The van der Waals surface area contributed by atoms with Gasteiger partial charge in [-0.2, -0.15) is 0 Å². The van der Waals surface area contributed by atoms with Gasteiger partial charge in [-0.1, -0.05) is 59.7 Å². The van der Waals surface area contributed by atoms with E-state index < -0.39 is 6.04 Å². The summed E-state index contributed by atoms with van der Waals surface area (Å²) in [5.74, 6) is 0.861. The molecule has 0 aromatic heterocycles. The van der Waals surface area contributed by atoms with Crippen molar-refractivity contribution in [2.75, 3.05) is 6.54 Å². The third kappa shape index (κ3) is 6.45. The predicted octanol–water partition coefficient (Wildman–Crippen LogP) is 3.72. The quantitative estimate of drug-likeness (QED) is 0.398. The summed E-state index contributed by atoms with van der Waals surface area (Å²) in [6.07, 6.45) is 0.775. The van der Waals surface area contributed by atoms with E-state index in [1.54, 1.807) is 0 Å². The van der Waals surface area contributed by atoms with Crippen LogP contribution in [0.1, 0.15) is 77.3 Å². The normalized spacial score (nSPS) is 12.5. The molecule has 0 saturated carbocycles. The molecule has 3 N–H and O–H groups in total. The maximum absolute atomic E-state index is 12.3. The van der Waals surface area contributed by atoms with Crippen molar-refractivity contribution in [2.24, 2.45) is 11.7 Å². The highest BCUT2D eigenvalue weighted by atomic mass is 16.5. The summed E-state index contributed by atoms with van der Waals surface area (Å²) in [6.45, 7) is 12.6. The van der Waals surface area contributed by atoms with Gasteiger partial charge in [0.1, 0.15) is 5.75 Å². The largest absolute Gasteiger partial charge is 0.426 e. The summed E-state index contributed by atoms with van der Waals surface area (Å²) in [5, 5.41) is 2.77. The van der Waals surface area contributed by atoms with Gasteiger partial charge in [-0.05, 0) is 35.3 Å². The van der Waals surface area contributed by atoms with Crippen LogP contribution in [0.15, 0.2) is 18.2 Å². The highest BCUT2D eigenvalue weighted by Gasteiger charge is 2.19. The van der Waals surface area contributed by atoms with E-state index in [1.807, 2.05) is 32.0 Å². The summed E-state index contributed by atoms with van der Waals surface area (Å²) in [5.41, 5.74) is 7.88. The van der Waals surface area contributed by atoms with Crippen molar-refractivity contribution in [3.05, 3.63) is 29.3 Å². The molecule has 1 amide bonds. The molecular formula is C21H34N2O3. The number of nitrogens with one attached hydrogen (secondary N) is 1. The van der Waals surface area contributed by atoms with E-state index >= 15 is 0 Å². The number of para-hydroxylation sites is 1. The summed E-state index contributed by atoms with van der Waals surface area (Å²) in [4.78, 5) is 24.1. The lowest BCUT2D eigenvalue weighted by Gasteiger charge is -2.19. The molecule has 0 aliphatic heterocycles. The monoisotopic (exact) mass is 362 g/mol. The molecule has 26 heavy (non-hydrogen) atoms. The second kappa shape index (κ2) is 10.3. The number of hydrogen-bond acceptors (Lipinski definition) is 4. The summed E-state index contributed by atoms with van der Waals surface area (Å²) >= 11 is 0. The third-order valence-electron chi connectivity index (χ3n) is 4.41. The Morgan fingerprint density at radius 3 is 2.04 bits per heavy atom. The van der Waals surface area contributed by atoms with Gasteiger partial charge >= 0.3 is 5.97 Å². The molecule has 0 aliphatic rings. The van der Waals surface area contributed by atoms with Crippen molar-refractivity contribution >= 4 is 11.9 Å². The highest BCUT2D eigenvalue weighted by Crippen LogP contribution is 2.34. The van der Waals surface area contributed by atoms with Crippen LogP contribution in [0.4, 0.5) is 0 Å². The number of rotatable bonds is 9. The van der Waals surface area contributed by atoms with Crippen molar-refractivity contribution in [3.63, 3.8) is 0 Å². The molecule has 5 nitrogen and oxygen atoms in total. The van der Waals surface area contributed by atoms with Gasteiger partial charge in [0.15, 0.2) is 0 Å². The zero-order chi connectivity index (χ0) is 19.9. The molecule has 0 heterocycles. The Labute approximate surface area is 157 Å². The number of ether oxygens (including phenoxy) is 1. The van der Waals surface area contributed by atoms with E-state index in [-0.39, 0.29) is 36.1 Å². The number of carbonyl (C=O) groups excluding carboxylic acids is 2. The van der Waals surface area contributed by atoms with Crippen molar-refractivity contribution in [3.8, 4) is 5.75 Å². The first-order valence-electron chi connectivity index (χ1n) is 9.51. The van der Waals surface area contributed by atoms with Gasteiger partial charge in [0.05, 0.1) is 6.04 Å². The maximum Gasteiger partial charge on any atom is 0.311 e. The topological polar surface area (TPSA) is 81.4 Å². The minimum atomic E-state index is -0.520. The summed E-state index contributed by atoms with van der Waals surface area (Å²) in [6, 6.07) is 5.50. The van der Waals surface area contributed by atoms with E-state index in [9.17, 15) is 9.59 Å². The van der Waals surface area contributed by atoms with Crippen LogP contribution in [0, 0.1) is 5.92 Å². The standard InChI is InChI=1S/C21H34N2O3/c1-13(2)16-9-7-10-17(14(3)4)20(16)26-18(24)11-8-12-23-21(25)19(22)15(5)6/h7,9-10,13-15,19H,8,11-12,22H2,1-6H3,(H,23,25)/t19-/m0/s1. The van der Waals surface area contributed by atoms with Crippen LogP contribution in [0.25, 0.3) is 0 Å². The number of benzene rings is 1. The Bertz CT molecular complexity index is 583. The van der Waals surface area contributed by atoms with E-state index in [4.69, 9.17) is 10.5 Å². The Balaban J connectivity index is 2.62. The van der Waals surface area contributed by atoms with Gasteiger partial charge in [-0.25, -0.2) is 0 Å². The zero-order valence-corrected chi connectivity index (χ0v) is 17.0. The first-order valence-corrected chi connectivity index (χ1v) is 9.51. The number of amides is 1. The Morgan fingerprint density at radius 2 is 1.58 bits per heavy atom. The van der Waals surface area contributed by atoms with Crippen molar-refractivity contribution in [1.82, 2.24) is 5.32 Å². The molecule has 1 rings (SSSR count). The van der Waals surface area contributed by atoms with Gasteiger partial charge in [0.25, 0.3) is 0 Å². The van der Waals surface area contributed by atoms with Crippen LogP contribution >= 0.6 is 0 Å². The molecule has 0 spiro atoms. The predicted molar refractivity (Wildman–Crippen MR) is 105 cm³/mol. The van der Waals surface area contributed by atoms with Gasteiger partial charge in [-0.3, -0.25) is 9.59 Å². The van der Waals surface area contributed by atoms with Gasteiger partial charge in [0.2, 0.25) is 5.91 Å². The molecule has 0 radical (unpaired) electrons. The van der Waals surface area contributed by atoms with Gasteiger partial charge in [-0.15, -0.1) is 0 Å². The minimum absolute atomic E-state index is 0.0851. The van der Waals surface area contributed by atoms with E-state index in [2.05, 4.69) is 33.0 Å². The first kappa shape index (κ1) is 22.2. The SMILES string of the molecule is CC(C)c1cccc(C(C)C)c1OC(=O)CCCNC(=O)[C@@H](N)C(C)C. The third-order valence-corrected chi connectivity index (χ3v) is 4.41. The van der Waals surface area contributed by atoms with Crippen molar-refractivity contribution in [1.29, 1.82) is 0 Å². The van der Waals surface area contributed by atoms with E-state index in [0.717, 1.165) is 11.1 Å². The number of nitrogens with two attached hydrogens (primary N) is 1. The fraction of sp³-hybridized carbons (Fsp3) is 0.619. The average Bonchev–Trinajstić information content (AvgIpc) is 2.57. The second-order valence-corrected chi connectivity index (χ2v) is 7.71. The molecule has 0 bridgehead atoms. The molecule has 0 unspecified atom stereocenters. The Morgan fingerprint density at radius 1 is 1.04 bits per heavy atom. The van der Waals surface area contributed by atoms with Crippen LogP contribution < -0.4 is 15.8 Å². The van der Waals surface area contributed by atoms with Crippen molar-refractivity contribution < 1.29 is 14.3 Å². The fourth-order valence-electron chi connectivity index (χ4n) is 2.63. The van der Waals surface area contributed by atoms with Crippen LogP contribution in [0.3, 0.4) is 0 Å². The molecular weight excluding hydrogens is 328 g/mol. The molecule has 1 atom stereocenters. The summed E-state index contributed by atoms with van der Waals surface area (Å²) in [7, 11) is 0. The lowest BCUT2D eigenvalue weighted by Crippen LogP contribution is -2.44. The van der Waals surface area contributed by atoms with Crippen LogP contribution in [-0.2, 0) is 9.59 Å². The van der Waals surface area contributed by atoms with E-state index in [1.165, 1.54) is 0 Å². The van der Waals surface area contributed by atoms with E-state index in [0.29, 0.717) is 18.7 Å². The lowest BCUT2D eigenvalue weighted by atomic mass is 9.94. The zero-order valence-electron chi connectivity index (χ0n) is 17.0. The number of hydrogen-bond donors (Lipinski definition) is 2. The highest BCUT2D eigenvalue weighted by molar-refractivity contribution is 5.81. The van der Waals surface area contributed by atoms with Crippen LogP contribution in [0.2, 0.25) is 0 Å². The van der Waals surface area contributed by atoms with Gasteiger partial charge in [0, 0.05) is 13.0 Å². The maximum atomic E-state index is 12.3. The van der Waals surface area contributed by atoms with Gasteiger partial charge < -0.3 is 15.8 Å². The number of carbonyl (C=O) groups is 2. The molecule has 5 heteroatoms. The molecule has 0 aliphatic carbocycles. The lowest BCUT2D eigenvalue weighted by molar-refractivity contribution is -0.134. The number of esters is 1. The Hall–Kier alpha value is -1.88.